The molecular formula is C20H18ClN3O2S. The molecule has 0 aliphatic carbocycles. The smallest absolute Gasteiger partial charge is 0.263 e. The second-order valence-electron chi connectivity index (χ2n) is 6.32. The fourth-order valence-corrected chi connectivity index (χ4v) is 4.81. The topological polar surface area (TPSA) is 62.3 Å². The van der Waals surface area contributed by atoms with Crippen molar-refractivity contribution in [2.24, 2.45) is 0 Å². The third-order valence-electron chi connectivity index (χ3n) is 4.51. The fourth-order valence-electron chi connectivity index (χ4n) is 3.25. The van der Waals surface area contributed by atoms with Crippen LogP contribution < -0.4 is 9.62 Å². The summed E-state index contributed by atoms with van der Waals surface area (Å²) in [4.78, 5) is 6.67. The van der Waals surface area contributed by atoms with Crippen molar-refractivity contribution in [2.75, 3.05) is 16.2 Å². The van der Waals surface area contributed by atoms with Crippen LogP contribution in [-0.2, 0) is 16.4 Å². The number of sulfonamides is 1. The molecule has 0 unspecified atom stereocenters. The van der Waals surface area contributed by atoms with Crippen molar-refractivity contribution in [3.8, 4) is 0 Å². The van der Waals surface area contributed by atoms with Crippen LogP contribution in [0.25, 0.3) is 0 Å². The zero-order valence-corrected chi connectivity index (χ0v) is 16.0. The summed E-state index contributed by atoms with van der Waals surface area (Å²) in [5.74, 6) is 0.794. The van der Waals surface area contributed by atoms with Crippen molar-refractivity contribution in [2.45, 2.75) is 17.7 Å². The van der Waals surface area contributed by atoms with Gasteiger partial charge in [-0.25, -0.2) is 13.4 Å². The second-order valence-corrected chi connectivity index (χ2v) is 8.38. The molecule has 1 aliphatic rings. The van der Waals surface area contributed by atoms with Gasteiger partial charge in [-0.3, -0.25) is 4.72 Å². The number of anilines is 3. The first kappa shape index (κ1) is 17.8. The molecular weight excluding hydrogens is 382 g/mol. The first-order valence-corrected chi connectivity index (χ1v) is 10.5. The second kappa shape index (κ2) is 7.21. The number of pyridine rings is 1. The highest BCUT2D eigenvalue weighted by Crippen LogP contribution is 2.32. The average Bonchev–Trinajstić information content (AvgIpc) is 2.68. The predicted molar refractivity (Wildman–Crippen MR) is 108 cm³/mol. The summed E-state index contributed by atoms with van der Waals surface area (Å²) in [5.41, 5.74) is 2.85. The van der Waals surface area contributed by atoms with Gasteiger partial charge >= 0.3 is 0 Å². The van der Waals surface area contributed by atoms with Crippen LogP contribution >= 0.6 is 11.6 Å². The first-order valence-electron chi connectivity index (χ1n) is 8.63. The zero-order valence-electron chi connectivity index (χ0n) is 14.5. The third-order valence-corrected chi connectivity index (χ3v) is 6.39. The summed E-state index contributed by atoms with van der Waals surface area (Å²) in [6.45, 7) is 0.884. The molecule has 27 heavy (non-hydrogen) atoms. The number of para-hydroxylation sites is 1. The van der Waals surface area contributed by atoms with E-state index in [1.54, 1.807) is 24.3 Å². The van der Waals surface area contributed by atoms with Crippen LogP contribution in [0.15, 0.2) is 71.8 Å². The Bertz CT molecular complexity index is 1070. The Morgan fingerprint density at radius 1 is 1.00 bits per heavy atom. The normalized spacial score (nSPS) is 13.9. The molecule has 7 heteroatoms. The fraction of sp³-hybridized carbons (Fsp3) is 0.150. The maximum Gasteiger partial charge on any atom is 0.263 e. The Hall–Kier alpha value is -2.57. The van der Waals surface area contributed by atoms with E-state index in [0.29, 0.717) is 5.69 Å². The van der Waals surface area contributed by atoms with E-state index in [0.717, 1.165) is 30.9 Å². The molecule has 2 aromatic carbocycles. The lowest BCUT2D eigenvalue weighted by molar-refractivity contribution is 0.601. The standard InChI is InChI=1S/C20H18ClN3O2S/c21-17-8-2-4-10-19(17)27(25,26)23-16-11-12-20(22-14-16)24-13-5-7-15-6-1-3-9-18(15)24/h1-4,6,8-12,14,23H,5,7,13H2. The van der Waals surface area contributed by atoms with Crippen LogP contribution in [0.1, 0.15) is 12.0 Å². The van der Waals surface area contributed by atoms with Gasteiger partial charge in [-0.2, -0.15) is 0 Å². The van der Waals surface area contributed by atoms with Gasteiger partial charge in [0.15, 0.2) is 0 Å². The van der Waals surface area contributed by atoms with Crippen molar-refractivity contribution < 1.29 is 8.42 Å². The summed E-state index contributed by atoms with van der Waals surface area (Å²) in [7, 11) is -3.77. The van der Waals surface area contributed by atoms with Gasteiger partial charge in [-0.1, -0.05) is 41.9 Å². The van der Waals surface area contributed by atoms with Crippen LogP contribution in [0.5, 0.6) is 0 Å². The van der Waals surface area contributed by atoms with E-state index < -0.39 is 10.0 Å². The van der Waals surface area contributed by atoms with E-state index in [2.05, 4.69) is 26.7 Å². The molecule has 4 rings (SSSR count). The van der Waals surface area contributed by atoms with Gasteiger partial charge in [-0.15, -0.1) is 0 Å². The highest BCUT2D eigenvalue weighted by atomic mass is 35.5. The number of hydrogen-bond donors (Lipinski definition) is 1. The summed E-state index contributed by atoms with van der Waals surface area (Å²) >= 11 is 6.01. The number of halogens is 1. The van der Waals surface area contributed by atoms with E-state index in [4.69, 9.17) is 11.6 Å². The number of hydrogen-bond acceptors (Lipinski definition) is 4. The van der Waals surface area contributed by atoms with Crippen molar-refractivity contribution in [3.63, 3.8) is 0 Å². The van der Waals surface area contributed by atoms with Crippen molar-refractivity contribution >= 4 is 38.8 Å². The quantitative estimate of drug-likeness (QED) is 0.695. The largest absolute Gasteiger partial charge is 0.326 e. The van der Waals surface area contributed by atoms with Crippen LogP contribution in [0, 0.1) is 0 Å². The molecule has 2 heterocycles. The van der Waals surface area contributed by atoms with E-state index in [-0.39, 0.29) is 9.92 Å². The highest BCUT2D eigenvalue weighted by Gasteiger charge is 2.20. The van der Waals surface area contributed by atoms with Gasteiger partial charge < -0.3 is 4.90 Å². The summed E-state index contributed by atoms with van der Waals surface area (Å²) < 4.78 is 27.6. The monoisotopic (exact) mass is 399 g/mol. The van der Waals surface area contributed by atoms with Gasteiger partial charge in [0.25, 0.3) is 10.0 Å². The number of fused-ring (bicyclic) bond motifs is 1. The van der Waals surface area contributed by atoms with Crippen LogP contribution in [0.4, 0.5) is 17.2 Å². The maximum atomic E-state index is 12.5. The zero-order chi connectivity index (χ0) is 18.9. The van der Waals surface area contributed by atoms with Gasteiger partial charge in [0.1, 0.15) is 10.7 Å². The molecule has 138 valence electrons. The Kier molecular flexibility index (Phi) is 4.76. The number of nitrogens with one attached hydrogen (secondary N) is 1. The molecule has 0 spiro atoms. The van der Waals surface area contributed by atoms with Crippen molar-refractivity contribution in [1.29, 1.82) is 0 Å². The Morgan fingerprint density at radius 3 is 2.56 bits per heavy atom. The molecule has 3 aromatic rings. The molecule has 0 atom stereocenters. The average molecular weight is 400 g/mol. The van der Waals surface area contributed by atoms with E-state index >= 15 is 0 Å². The maximum absolute atomic E-state index is 12.5. The highest BCUT2D eigenvalue weighted by molar-refractivity contribution is 7.92. The van der Waals surface area contributed by atoms with Gasteiger partial charge in [0.2, 0.25) is 0 Å². The van der Waals surface area contributed by atoms with Crippen LogP contribution in [0.3, 0.4) is 0 Å². The molecule has 1 aromatic heterocycles. The number of rotatable bonds is 4. The van der Waals surface area contributed by atoms with Gasteiger partial charge in [0, 0.05) is 12.2 Å². The van der Waals surface area contributed by atoms with Crippen molar-refractivity contribution in [3.05, 3.63) is 77.4 Å². The van der Waals surface area contributed by atoms with E-state index in [1.807, 2.05) is 18.2 Å². The minimum absolute atomic E-state index is 0.0423. The van der Waals surface area contributed by atoms with Crippen LogP contribution in [-0.4, -0.2) is 19.9 Å². The molecule has 0 bridgehead atoms. The summed E-state index contributed by atoms with van der Waals surface area (Å²) in [6.07, 6.45) is 3.64. The Labute approximate surface area is 163 Å². The third kappa shape index (κ3) is 3.63. The number of benzene rings is 2. The van der Waals surface area contributed by atoms with E-state index in [1.165, 1.54) is 17.8 Å². The molecule has 5 nitrogen and oxygen atoms in total. The SMILES string of the molecule is O=S(=O)(Nc1ccc(N2CCCc3ccccc32)nc1)c1ccccc1Cl. The first-order chi connectivity index (χ1) is 13.0. The Morgan fingerprint density at radius 2 is 1.78 bits per heavy atom. The molecule has 0 saturated carbocycles. The molecule has 0 amide bonds. The lowest BCUT2D eigenvalue weighted by Crippen LogP contribution is -2.25. The van der Waals surface area contributed by atoms with Gasteiger partial charge in [-0.05, 0) is 48.7 Å². The molecule has 1 N–H and O–H groups in total. The molecule has 0 radical (unpaired) electrons. The number of nitrogens with zero attached hydrogens (tertiary/aromatic N) is 2. The lowest BCUT2D eigenvalue weighted by atomic mass is 10.0. The minimum atomic E-state index is -3.77. The Balaban J connectivity index is 1.58. The van der Waals surface area contributed by atoms with Gasteiger partial charge in [0.05, 0.1) is 16.9 Å². The minimum Gasteiger partial charge on any atom is -0.326 e. The van der Waals surface area contributed by atoms with E-state index in [9.17, 15) is 8.42 Å². The summed E-state index contributed by atoms with van der Waals surface area (Å²) in [5, 5.41) is 0.180. The summed E-state index contributed by atoms with van der Waals surface area (Å²) in [6, 6.07) is 18.2. The van der Waals surface area contributed by atoms with Crippen LogP contribution in [0.2, 0.25) is 5.02 Å². The lowest BCUT2D eigenvalue weighted by Gasteiger charge is -2.30. The number of aromatic nitrogens is 1. The predicted octanol–water partition coefficient (Wildman–Crippen LogP) is 4.62. The molecule has 1 aliphatic heterocycles. The molecule has 0 fully saturated rings. The van der Waals surface area contributed by atoms with Crippen molar-refractivity contribution in [1.82, 2.24) is 4.98 Å². The number of aryl methyl sites for hydroxylation is 1. The molecule has 0 saturated heterocycles.